The molecular weight excluding hydrogens is 260 g/mol. The fourth-order valence-corrected chi connectivity index (χ4v) is 2.32. The fourth-order valence-electron chi connectivity index (χ4n) is 2.32. The summed E-state index contributed by atoms with van der Waals surface area (Å²) in [6.07, 6.45) is 1.38. The molecule has 0 spiro atoms. The number of rotatable bonds is 3. The van der Waals surface area contributed by atoms with Gasteiger partial charge < -0.3 is 19.0 Å². The largest absolute Gasteiger partial charge is 0.381 e. The summed E-state index contributed by atoms with van der Waals surface area (Å²) >= 11 is 0. The number of H-pyrrole nitrogens is 1. The highest BCUT2D eigenvalue weighted by Gasteiger charge is 2.39. The Morgan fingerprint density at radius 1 is 1.40 bits per heavy atom. The third-order valence-corrected chi connectivity index (χ3v) is 3.56. The number of nitriles is 1. The van der Waals surface area contributed by atoms with Gasteiger partial charge in [-0.1, -0.05) is 5.16 Å². The summed E-state index contributed by atoms with van der Waals surface area (Å²) in [5.74, 6) is 0.871. The monoisotopic (exact) mass is 274 g/mol. The molecule has 1 aliphatic heterocycles. The number of nitrogens with zero attached hydrogens (tertiary/aromatic N) is 3. The van der Waals surface area contributed by atoms with Crippen LogP contribution in [0.3, 0.4) is 0 Å². The van der Waals surface area contributed by atoms with Crippen molar-refractivity contribution in [3.05, 3.63) is 23.7 Å². The molecular formula is C13H14N4O3. The summed E-state index contributed by atoms with van der Waals surface area (Å²) in [7, 11) is 1.64. The molecule has 0 amide bonds. The molecule has 1 saturated heterocycles. The third-order valence-electron chi connectivity index (χ3n) is 3.56. The lowest BCUT2D eigenvalue weighted by atomic mass is 9.93. The summed E-state index contributed by atoms with van der Waals surface area (Å²) in [4.78, 5) is 7.30. The summed E-state index contributed by atoms with van der Waals surface area (Å²) in [5, 5.41) is 12.8. The average Bonchev–Trinajstić information content (AvgIpc) is 3.16. The van der Waals surface area contributed by atoms with Crippen LogP contribution in [0.15, 0.2) is 16.7 Å². The van der Waals surface area contributed by atoms with Gasteiger partial charge in [0.05, 0.1) is 0 Å². The van der Waals surface area contributed by atoms with E-state index in [2.05, 4.69) is 15.1 Å². The minimum atomic E-state index is -0.551. The van der Waals surface area contributed by atoms with Gasteiger partial charge in [-0.15, -0.1) is 0 Å². The quantitative estimate of drug-likeness (QED) is 0.912. The predicted octanol–water partition coefficient (Wildman–Crippen LogP) is 1.59. The van der Waals surface area contributed by atoms with Crippen molar-refractivity contribution < 1.29 is 14.0 Å². The van der Waals surface area contributed by atoms with Crippen LogP contribution in [0, 0.1) is 11.3 Å². The fraction of sp³-hybridized carbons (Fsp3) is 0.462. The lowest BCUT2D eigenvalue weighted by Crippen LogP contribution is -2.36. The third kappa shape index (κ3) is 2.09. The van der Waals surface area contributed by atoms with E-state index in [9.17, 15) is 0 Å². The Kier molecular flexibility index (Phi) is 3.26. The highest BCUT2D eigenvalue weighted by Crippen LogP contribution is 2.34. The van der Waals surface area contributed by atoms with Crippen LogP contribution in [0.5, 0.6) is 0 Å². The van der Waals surface area contributed by atoms with Crippen molar-refractivity contribution in [1.29, 1.82) is 5.26 Å². The van der Waals surface area contributed by atoms with Gasteiger partial charge in [0.25, 0.3) is 5.89 Å². The zero-order valence-corrected chi connectivity index (χ0v) is 11.0. The van der Waals surface area contributed by atoms with Crippen LogP contribution in [-0.2, 0) is 15.1 Å². The Labute approximate surface area is 115 Å². The van der Waals surface area contributed by atoms with Crippen LogP contribution < -0.4 is 0 Å². The highest BCUT2D eigenvalue weighted by atomic mass is 16.5. The van der Waals surface area contributed by atoms with Crippen molar-refractivity contribution >= 4 is 0 Å². The number of aromatic amines is 1. The summed E-state index contributed by atoms with van der Waals surface area (Å²) < 4.78 is 16.2. The summed E-state index contributed by atoms with van der Waals surface area (Å²) in [5.41, 5.74) is 0.524. The van der Waals surface area contributed by atoms with Gasteiger partial charge in [-0.3, -0.25) is 0 Å². The first-order valence-electron chi connectivity index (χ1n) is 6.34. The van der Waals surface area contributed by atoms with E-state index in [4.69, 9.17) is 19.3 Å². The zero-order valence-electron chi connectivity index (χ0n) is 11.0. The minimum absolute atomic E-state index is 0.351. The van der Waals surface area contributed by atoms with Gasteiger partial charge in [0.2, 0.25) is 5.82 Å². The van der Waals surface area contributed by atoms with E-state index in [-0.39, 0.29) is 0 Å². The molecule has 1 fully saturated rings. The minimum Gasteiger partial charge on any atom is -0.381 e. The number of hydrogen-bond donors (Lipinski definition) is 1. The van der Waals surface area contributed by atoms with Crippen molar-refractivity contribution in [2.45, 2.75) is 18.4 Å². The van der Waals surface area contributed by atoms with Gasteiger partial charge in [0.15, 0.2) is 0 Å². The normalized spacial score (nSPS) is 17.8. The van der Waals surface area contributed by atoms with Gasteiger partial charge >= 0.3 is 0 Å². The Morgan fingerprint density at radius 3 is 2.85 bits per heavy atom. The lowest BCUT2D eigenvalue weighted by Gasteiger charge is -2.32. The summed E-state index contributed by atoms with van der Waals surface area (Å²) in [6, 6.07) is 5.42. The van der Waals surface area contributed by atoms with Gasteiger partial charge in [-0.2, -0.15) is 10.2 Å². The number of nitrogens with one attached hydrogen (secondary N) is 1. The molecule has 7 heteroatoms. The molecule has 0 aromatic carbocycles. The van der Waals surface area contributed by atoms with Crippen molar-refractivity contribution in [3.8, 4) is 17.7 Å². The van der Waals surface area contributed by atoms with Crippen LogP contribution in [-0.4, -0.2) is 35.4 Å². The van der Waals surface area contributed by atoms with Crippen molar-refractivity contribution in [3.63, 3.8) is 0 Å². The molecule has 1 N–H and O–H groups in total. The Morgan fingerprint density at radius 2 is 2.20 bits per heavy atom. The van der Waals surface area contributed by atoms with Gasteiger partial charge in [-0.25, -0.2) is 0 Å². The molecule has 1 aliphatic rings. The molecule has 0 aliphatic carbocycles. The Balaban J connectivity index is 1.91. The van der Waals surface area contributed by atoms with Gasteiger partial charge in [0, 0.05) is 33.2 Å². The molecule has 7 nitrogen and oxygen atoms in total. The maximum Gasteiger partial charge on any atom is 0.274 e. The predicted molar refractivity (Wildman–Crippen MR) is 67.5 cm³/mol. The first-order chi connectivity index (χ1) is 9.77. The molecule has 0 saturated carbocycles. The topological polar surface area (TPSA) is 97.0 Å². The highest BCUT2D eigenvalue weighted by molar-refractivity contribution is 5.49. The molecule has 104 valence electrons. The van der Waals surface area contributed by atoms with Crippen LogP contribution in [0.1, 0.15) is 24.4 Å². The second kappa shape index (κ2) is 5.07. The van der Waals surface area contributed by atoms with Crippen molar-refractivity contribution in [2.75, 3.05) is 20.3 Å². The van der Waals surface area contributed by atoms with Crippen molar-refractivity contribution in [2.24, 2.45) is 0 Å². The molecule has 3 rings (SSSR count). The van der Waals surface area contributed by atoms with E-state index in [0.29, 0.717) is 49.2 Å². The molecule has 0 unspecified atom stereocenters. The first kappa shape index (κ1) is 12.8. The SMILES string of the molecule is COC1(c2noc(-c3ccc(C#N)[nH]3)n2)CCOCC1. The number of aromatic nitrogens is 3. The van der Waals surface area contributed by atoms with E-state index >= 15 is 0 Å². The van der Waals surface area contributed by atoms with Crippen LogP contribution in [0.4, 0.5) is 0 Å². The van der Waals surface area contributed by atoms with E-state index in [1.807, 2.05) is 6.07 Å². The average molecular weight is 274 g/mol. The molecule has 0 bridgehead atoms. The van der Waals surface area contributed by atoms with Crippen LogP contribution >= 0.6 is 0 Å². The Hall–Kier alpha value is -2.17. The van der Waals surface area contributed by atoms with Gasteiger partial charge in [-0.05, 0) is 12.1 Å². The number of ether oxygens (including phenoxy) is 2. The summed E-state index contributed by atoms with van der Waals surface area (Å²) in [6.45, 7) is 1.22. The second-order valence-electron chi connectivity index (χ2n) is 4.63. The number of methoxy groups -OCH3 is 1. The smallest absolute Gasteiger partial charge is 0.274 e. The van der Waals surface area contributed by atoms with Crippen molar-refractivity contribution in [1.82, 2.24) is 15.1 Å². The van der Waals surface area contributed by atoms with E-state index in [0.717, 1.165) is 0 Å². The lowest BCUT2D eigenvalue weighted by molar-refractivity contribution is -0.101. The zero-order chi connectivity index (χ0) is 14.0. The van der Waals surface area contributed by atoms with Crippen LogP contribution in [0.25, 0.3) is 11.6 Å². The molecule has 20 heavy (non-hydrogen) atoms. The number of hydrogen-bond acceptors (Lipinski definition) is 6. The maximum atomic E-state index is 8.80. The molecule has 0 atom stereocenters. The van der Waals surface area contributed by atoms with E-state index in [1.54, 1.807) is 19.2 Å². The van der Waals surface area contributed by atoms with E-state index < -0.39 is 5.60 Å². The van der Waals surface area contributed by atoms with Gasteiger partial charge in [0.1, 0.15) is 23.1 Å². The van der Waals surface area contributed by atoms with E-state index in [1.165, 1.54) is 0 Å². The maximum absolute atomic E-state index is 8.80. The first-order valence-corrected chi connectivity index (χ1v) is 6.34. The van der Waals surface area contributed by atoms with Crippen LogP contribution in [0.2, 0.25) is 0 Å². The molecule has 0 radical (unpaired) electrons. The Bertz CT molecular complexity index is 634. The standard InChI is InChI=1S/C13H14N4O3/c1-18-13(4-6-19-7-5-13)12-16-11(20-17-12)10-3-2-9(8-14)15-10/h2-3,15H,4-7H2,1H3. The second-order valence-corrected chi connectivity index (χ2v) is 4.63. The molecule has 2 aromatic heterocycles. The molecule has 2 aromatic rings. The molecule has 3 heterocycles.